The summed E-state index contributed by atoms with van der Waals surface area (Å²) in [6.45, 7) is 2.96. The Morgan fingerprint density at radius 1 is 1.48 bits per heavy atom. The van der Waals surface area contributed by atoms with Gasteiger partial charge in [-0.1, -0.05) is 0 Å². The van der Waals surface area contributed by atoms with Crippen molar-refractivity contribution in [3.8, 4) is 0 Å². The summed E-state index contributed by atoms with van der Waals surface area (Å²) >= 11 is 1.37. The van der Waals surface area contributed by atoms with Crippen molar-refractivity contribution in [2.75, 3.05) is 0 Å². The lowest BCUT2D eigenvalue weighted by atomic mass is 10.2. The molecule has 8 heteroatoms. The fraction of sp³-hybridized carbons (Fsp3) is 0.308. The molecule has 0 spiro atoms. The van der Waals surface area contributed by atoms with Gasteiger partial charge < -0.3 is 5.11 Å². The maximum absolute atomic E-state index is 13.3. The molecule has 0 amide bonds. The van der Waals surface area contributed by atoms with Gasteiger partial charge in [-0.2, -0.15) is 0 Å². The number of sulfonamides is 1. The third-order valence-electron chi connectivity index (χ3n) is 2.84. The topological polar surface area (TPSA) is 79.3 Å². The first-order chi connectivity index (χ1) is 9.83. The van der Waals surface area contributed by atoms with E-state index in [0.29, 0.717) is 5.01 Å². The van der Waals surface area contributed by atoms with Crippen molar-refractivity contribution in [3.63, 3.8) is 0 Å². The molecule has 1 atom stereocenters. The zero-order valence-electron chi connectivity index (χ0n) is 11.5. The summed E-state index contributed by atoms with van der Waals surface area (Å²) in [5.74, 6) is -0.639. The van der Waals surface area contributed by atoms with E-state index >= 15 is 0 Å². The van der Waals surface area contributed by atoms with Gasteiger partial charge in [0, 0.05) is 16.6 Å². The second-order valence-electron chi connectivity index (χ2n) is 4.58. The molecule has 0 aliphatic carbocycles. The molecular weight excluding hydrogens is 315 g/mol. The molecule has 1 unspecified atom stereocenters. The molecule has 1 aromatic heterocycles. The Kier molecular flexibility index (Phi) is 4.72. The Morgan fingerprint density at radius 2 is 2.19 bits per heavy atom. The highest BCUT2D eigenvalue weighted by atomic mass is 32.2. The molecule has 0 bridgehead atoms. The number of aromatic nitrogens is 1. The first-order valence-electron chi connectivity index (χ1n) is 6.17. The van der Waals surface area contributed by atoms with Crippen molar-refractivity contribution in [2.45, 2.75) is 31.4 Å². The third kappa shape index (κ3) is 3.65. The van der Waals surface area contributed by atoms with Crippen LogP contribution in [0.5, 0.6) is 0 Å². The van der Waals surface area contributed by atoms with Crippen LogP contribution in [0.2, 0.25) is 0 Å². The lowest BCUT2D eigenvalue weighted by Crippen LogP contribution is -2.27. The van der Waals surface area contributed by atoms with Gasteiger partial charge >= 0.3 is 0 Å². The molecule has 0 fully saturated rings. The van der Waals surface area contributed by atoms with Crippen LogP contribution in [0.25, 0.3) is 0 Å². The summed E-state index contributed by atoms with van der Waals surface area (Å²) in [4.78, 5) is 4.14. The second kappa shape index (κ2) is 6.18. The predicted molar refractivity (Wildman–Crippen MR) is 77.9 cm³/mol. The molecule has 2 aromatic rings. The van der Waals surface area contributed by atoms with Crippen LogP contribution in [-0.2, 0) is 16.6 Å². The minimum Gasteiger partial charge on any atom is -0.392 e. The number of hydrogen-bond donors (Lipinski definition) is 2. The van der Waals surface area contributed by atoms with E-state index in [4.69, 9.17) is 5.11 Å². The van der Waals surface area contributed by atoms with Crippen molar-refractivity contribution in [2.24, 2.45) is 0 Å². The van der Waals surface area contributed by atoms with Crippen LogP contribution in [0.3, 0.4) is 0 Å². The zero-order valence-corrected chi connectivity index (χ0v) is 13.1. The summed E-state index contributed by atoms with van der Waals surface area (Å²) in [7, 11) is -3.81. The number of aryl methyl sites for hydroxylation is 1. The third-order valence-corrected chi connectivity index (χ3v) is 5.52. The number of benzene rings is 1. The molecule has 0 radical (unpaired) electrons. The minimum absolute atomic E-state index is 0.0596. The van der Waals surface area contributed by atoms with E-state index in [1.807, 2.05) is 12.3 Å². The maximum Gasteiger partial charge on any atom is 0.241 e. The van der Waals surface area contributed by atoms with E-state index in [-0.39, 0.29) is 10.5 Å². The van der Waals surface area contributed by atoms with Crippen LogP contribution in [0.15, 0.2) is 28.5 Å². The number of hydrogen-bond acceptors (Lipinski definition) is 5. The van der Waals surface area contributed by atoms with Crippen LogP contribution in [0, 0.1) is 12.7 Å². The second-order valence-corrected chi connectivity index (χ2v) is 7.19. The van der Waals surface area contributed by atoms with Crippen molar-refractivity contribution in [1.82, 2.24) is 9.71 Å². The van der Waals surface area contributed by atoms with Crippen LogP contribution < -0.4 is 4.72 Å². The van der Waals surface area contributed by atoms with Gasteiger partial charge in [0.15, 0.2) is 0 Å². The van der Waals surface area contributed by atoms with Gasteiger partial charge in [-0.3, -0.25) is 0 Å². The normalized spacial score (nSPS) is 13.3. The average molecular weight is 330 g/mol. The molecule has 114 valence electrons. The Bertz CT molecular complexity index is 744. The van der Waals surface area contributed by atoms with Crippen LogP contribution in [0.1, 0.15) is 29.2 Å². The Hall–Kier alpha value is -1.35. The Labute approximate surface area is 126 Å². The molecule has 1 heterocycles. The lowest BCUT2D eigenvalue weighted by molar-refractivity contribution is 0.275. The largest absolute Gasteiger partial charge is 0.392 e. The van der Waals surface area contributed by atoms with Crippen LogP contribution >= 0.6 is 11.3 Å². The van der Waals surface area contributed by atoms with Gasteiger partial charge in [-0.25, -0.2) is 22.5 Å². The SMILES string of the molecule is Cc1csc(C(C)NS(=O)(=O)c2ccc(F)c(CO)c2)n1. The van der Waals surface area contributed by atoms with E-state index in [1.54, 1.807) is 6.92 Å². The predicted octanol–water partition coefficient (Wildman–Crippen LogP) is 2.12. The fourth-order valence-corrected chi connectivity index (χ4v) is 3.90. The van der Waals surface area contributed by atoms with Gasteiger partial charge in [-0.15, -0.1) is 11.3 Å². The highest BCUT2D eigenvalue weighted by Crippen LogP contribution is 2.21. The number of aliphatic hydroxyl groups excluding tert-OH is 1. The molecule has 0 aliphatic heterocycles. The zero-order chi connectivity index (χ0) is 15.6. The summed E-state index contributed by atoms with van der Waals surface area (Å²) in [5.41, 5.74) is 0.765. The summed E-state index contributed by atoms with van der Waals surface area (Å²) < 4.78 is 40.3. The maximum atomic E-state index is 13.3. The number of halogens is 1. The summed E-state index contributed by atoms with van der Waals surface area (Å²) in [5, 5.41) is 11.5. The Balaban J connectivity index is 2.26. The molecule has 1 aromatic carbocycles. The summed E-state index contributed by atoms with van der Waals surface area (Å²) in [6.07, 6.45) is 0. The molecule has 0 saturated carbocycles. The molecule has 5 nitrogen and oxygen atoms in total. The molecular formula is C13H15FN2O3S2. The van der Waals surface area contributed by atoms with Crippen molar-refractivity contribution in [1.29, 1.82) is 0 Å². The molecule has 0 saturated heterocycles. The Morgan fingerprint density at radius 3 is 2.76 bits per heavy atom. The molecule has 2 N–H and O–H groups in total. The van der Waals surface area contributed by atoms with E-state index in [9.17, 15) is 12.8 Å². The average Bonchev–Trinajstić information content (AvgIpc) is 2.85. The van der Waals surface area contributed by atoms with E-state index in [1.165, 1.54) is 11.3 Å². The van der Waals surface area contributed by atoms with Gasteiger partial charge in [-0.05, 0) is 32.0 Å². The lowest BCUT2D eigenvalue weighted by Gasteiger charge is -2.12. The highest BCUT2D eigenvalue weighted by Gasteiger charge is 2.21. The van der Waals surface area contributed by atoms with Gasteiger partial charge in [0.05, 0.1) is 17.5 Å². The van der Waals surface area contributed by atoms with E-state index < -0.39 is 28.5 Å². The minimum atomic E-state index is -3.81. The molecule has 0 aliphatic rings. The smallest absolute Gasteiger partial charge is 0.241 e. The number of thiazole rings is 1. The van der Waals surface area contributed by atoms with Gasteiger partial charge in [0.1, 0.15) is 10.8 Å². The van der Waals surface area contributed by atoms with Crippen molar-refractivity contribution in [3.05, 3.63) is 45.7 Å². The van der Waals surface area contributed by atoms with Crippen LogP contribution in [0.4, 0.5) is 4.39 Å². The van der Waals surface area contributed by atoms with Gasteiger partial charge in [0.25, 0.3) is 0 Å². The monoisotopic (exact) mass is 330 g/mol. The first-order valence-corrected chi connectivity index (χ1v) is 8.53. The standard InChI is InChI=1S/C13H15FN2O3S2/c1-8-7-20-13(15-8)9(2)16-21(18,19)11-3-4-12(14)10(5-11)6-17/h3-5,7,9,16-17H,6H2,1-2H3. The number of rotatable bonds is 5. The van der Waals surface area contributed by atoms with E-state index in [0.717, 1.165) is 23.9 Å². The van der Waals surface area contributed by atoms with Crippen molar-refractivity contribution < 1.29 is 17.9 Å². The van der Waals surface area contributed by atoms with Crippen molar-refractivity contribution >= 4 is 21.4 Å². The number of nitrogens with one attached hydrogen (secondary N) is 1. The number of nitrogens with zero attached hydrogens (tertiary/aromatic N) is 1. The van der Waals surface area contributed by atoms with Crippen LogP contribution in [-0.4, -0.2) is 18.5 Å². The highest BCUT2D eigenvalue weighted by molar-refractivity contribution is 7.89. The number of aliphatic hydroxyl groups is 1. The quantitative estimate of drug-likeness (QED) is 0.880. The molecule has 21 heavy (non-hydrogen) atoms. The fourth-order valence-electron chi connectivity index (χ4n) is 1.76. The molecule has 2 rings (SSSR count). The van der Waals surface area contributed by atoms with E-state index in [2.05, 4.69) is 9.71 Å². The summed E-state index contributed by atoms with van der Waals surface area (Å²) in [6, 6.07) is 2.82. The first kappa shape index (κ1) is 16.0. The van der Waals surface area contributed by atoms with Gasteiger partial charge in [0.2, 0.25) is 10.0 Å².